The summed E-state index contributed by atoms with van der Waals surface area (Å²) in [5, 5.41) is 0. The monoisotopic (exact) mass is 364 g/mol. The summed E-state index contributed by atoms with van der Waals surface area (Å²) in [6.45, 7) is 12.0. The first-order chi connectivity index (χ1) is 12.7. The molecular formula is C23H24O4. The van der Waals surface area contributed by atoms with Crippen LogP contribution in [0.1, 0.15) is 67.9 Å². The molecule has 4 rings (SSSR count). The molecule has 0 amide bonds. The van der Waals surface area contributed by atoms with Crippen LogP contribution in [0.25, 0.3) is 0 Å². The molecule has 2 aromatic carbocycles. The van der Waals surface area contributed by atoms with Gasteiger partial charge in [-0.15, -0.1) is 0 Å². The van der Waals surface area contributed by atoms with Crippen molar-refractivity contribution in [3.05, 3.63) is 56.6 Å². The Kier molecular flexibility index (Phi) is 3.74. The third kappa shape index (κ3) is 2.22. The molecule has 0 atom stereocenters. The average Bonchev–Trinajstić information content (AvgIpc) is 3.09. The van der Waals surface area contributed by atoms with Crippen molar-refractivity contribution < 1.29 is 19.1 Å². The molecule has 0 fully saturated rings. The second-order valence-electron chi connectivity index (χ2n) is 7.91. The highest BCUT2D eigenvalue weighted by molar-refractivity contribution is 5.99. The molecule has 4 nitrogen and oxygen atoms in total. The zero-order valence-electron chi connectivity index (χ0n) is 16.7. The second kappa shape index (κ2) is 5.69. The van der Waals surface area contributed by atoms with Crippen molar-refractivity contribution in [1.82, 2.24) is 0 Å². The van der Waals surface area contributed by atoms with Gasteiger partial charge in [-0.05, 0) is 75.9 Å². The standard InChI is InChI=1S/C23H24O4/c1-11-7-17-21(13(3)19(11)15(5)24)23(9-26-17)10-27-18-8-12(2)20(16(6)25)14(4)22(18)23/h7-8H,9-10H2,1-6H3. The molecule has 2 aliphatic heterocycles. The van der Waals surface area contributed by atoms with Crippen LogP contribution in [0.4, 0.5) is 0 Å². The fourth-order valence-corrected chi connectivity index (χ4v) is 5.25. The van der Waals surface area contributed by atoms with E-state index in [-0.39, 0.29) is 11.6 Å². The van der Waals surface area contributed by atoms with E-state index in [9.17, 15) is 9.59 Å². The first kappa shape index (κ1) is 17.8. The zero-order chi connectivity index (χ0) is 19.7. The van der Waals surface area contributed by atoms with Gasteiger partial charge in [0.2, 0.25) is 0 Å². The Bertz CT molecular complexity index is 946. The number of fused-ring (bicyclic) bond motifs is 4. The number of hydrogen-bond acceptors (Lipinski definition) is 4. The minimum atomic E-state index is -0.478. The van der Waals surface area contributed by atoms with Gasteiger partial charge in [0.05, 0.1) is 5.41 Å². The molecule has 2 heterocycles. The largest absolute Gasteiger partial charge is 0.492 e. The third-order valence-electron chi connectivity index (χ3n) is 6.09. The number of hydrogen-bond donors (Lipinski definition) is 0. The van der Waals surface area contributed by atoms with Gasteiger partial charge in [0.1, 0.15) is 24.7 Å². The van der Waals surface area contributed by atoms with Crippen LogP contribution in [0.2, 0.25) is 0 Å². The van der Waals surface area contributed by atoms with E-state index in [0.29, 0.717) is 13.2 Å². The van der Waals surface area contributed by atoms with Crippen LogP contribution in [0.3, 0.4) is 0 Å². The molecule has 0 radical (unpaired) electrons. The summed E-state index contributed by atoms with van der Waals surface area (Å²) in [5.41, 5.74) is 6.85. The maximum atomic E-state index is 12.3. The van der Waals surface area contributed by atoms with Gasteiger partial charge in [0, 0.05) is 22.3 Å². The predicted octanol–water partition coefficient (Wildman–Crippen LogP) is 4.40. The molecule has 0 saturated carbocycles. The zero-order valence-corrected chi connectivity index (χ0v) is 16.7. The summed E-state index contributed by atoms with van der Waals surface area (Å²) in [5.74, 6) is 1.74. The Balaban J connectivity index is 2.05. The Morgan fingerprint density at radius 3 is 1.48 bits per heavy atom. The molecule has 0 bridgehead atoms. The highest BCUT2D eigenvalue weighted by Gasteiger charge is 2.51. The third-order valence-corrected chi connectivity index (χ3v) is 6.09. The number of ketones is 2. The number of aryl methyl sites for hydroxylation is 2. The SMILES string of the molecule is CC(=O)c1c(C)cc2c(c1C)C1(CO2)COc2cc(C)c(C(C)=O)c(C)c21. The minimum Gasteiger partial charge on any atom is -0.492 e. The average molecular weight is 364 g/mol. The lowest BCUT2D eigenvalue weighted by atomic mass is 9.72. The Morgan fingerprint density at radius 1 is 0.778 bits per heavy atom. The molecule has 0 unspecified atom stereocenters. The lowest BCUT2D eigenvalue weighted by molar-refractivity contribution is 0.100. The maximum Gasteiger partial charge on any atom is 0.160 e. The van der Waals surface area contributed by atoms with Gasteiger partial charge >= 0.3 is 0 Å². The van der Waals surface area contributed by atoms with Crippen LogP contribution in [0.15, 0.2) is 12.1 Å². The van der Waals surface area contributed by atoms with Crippen molar-refractivity contribution in [1.29, 1.82) is 0 Å². The lowest BCUT2D eigenvalue weighted by Gasteiger charge is -2.26. The Labute approximate surface area is 159 Å². The maximum absolute atomic E-state index is 12.3. The van der Waals surface area contributed by atoms with Crippen molar-refractivity contribution in [2.24, 2.45) is 0 Å². The summed E-state index contributed by atoms with van der Waals surface area (Å²) < 4.78 is 12.2. The van der Waals surface area contributed by atoms with Gasteiger partial charge < -0.3 is 9.47 Å². The van der Waals surface area contributed by atoms with Gasteiger partial charge in [-0.1, -0.05) is 0 Å². The van der Waals surface area contributed by atoms with E-state index in [1.807, 2.05) is 39.8 Å². The molecule has 2 aromatic rings. The van der Waals surface area contributed by atoms with Crippen molar-refractivity contribution >= 4 is 11.6 Å². The van der Waals surface area contributed by atoms with E-state index in [1.165, 1.54) is 0 Å². The fourth-order valence-electron chi connectivity index (χ4n) is 5.25. The van der Waals surface area contributed by atoms with E-state index in [0.717, 1.165) is 56.0 Å². The molecule has 0 aromatic heterocycles. The number of ether oxygens (including phenoxy) is 2. The summed E-state index contributed by atoms with van der Waals surface area (Å²) in [4.78, 5) is 24.5. The Hall–Kier alpha value is -2.62. The predicted molar refractivity (Wildman–Crippen MR) is 104 cm³/mol. The number of carbonyl (C=O) groups is 2. The smallest absolute Gasteiger partial charge is 0.160 e. The summed E-state index contributed by atoms with van der Waals surface area (Å²) in [7, 11) is 0. The molecule has 0 aliphatic carbocycles. The quantitative estimate of drug-likeness (QED) is 0.742. The molecule has 2 aliphatic rings. The molecular weight excluding hydrogens is 340 g/mol. The molecule has 27 heavy (non-hydrogen) atoms. The van der Waals surface area contributed by atoms with Crippen LogP contribution >= 0.6 is 0 Å². The van der Waals surface area contributed by atoms with E-state index in [1.54, 1.807) is 13.8 Å². The lowest BCUT2D eigenvalue weighted by Crippen LogP contribution is -2.33. The number of benzene rings is 2. The summed E-state index contributed by atoms with van der Waals surface area (Å²) in [6, 6.07) is 3.92. The topological polar surface area (TPSA) is 52.6 Å². The van der Waals surface area contributed by atoms with Crippen LogP contribution in [-0.4, -0.2) is 24.8 Å². The highest BCUT2D eigenvalue weighted by atomic mass is 16.5. The van der Waals surface area contributed by atoms with Crippen molar-refractivity contribution in [3.63, 3.8) is 0 Å². The van der Waals surface area contributed by atoms with E-state index >= 15 is 0 Å². The van der Waals surface area contributed by atoms with Crippen LogP contribution in [-0.2, 0) is 5.41 Å². The van der Waals surface area contributed by atoms with Gasteiger partial charge in [-0.2, -0.15) is 0 Å². The van der Waals surface area contributed by atoms with Gasteiger partial charge in [-0.3, -0.25) is 9.59 Å². The molecule has 140 valence electrons. The normalized spacial score (nSPS) is 15.9. The fraction of sp³-hybridized carbons (Fsp3) is 0.391. The summed E-state index contributed by atoms with van der Waals surface area (Å²) >= 11 is 0. The van der Waals surface area contributed by atoms with Crippen LogP contribution in [0, 0.1) is 27.7 Å². The van der Waals surface area contributed by atoms with Crippen molar-refractivity contribution in [3.8, 4) is 11.5 Å². The molecule has 0 N–H and O–H groups in total. The minimum absolute atomic E-state index is 0.0547. The number of rotatable bonds is 2. The summed E-state index contributed by atoms with van der Waals surface area (Å²) in [6.07, 6.45) is 0. The van der Waals surface area contributed by atoms with Crippen molar-refractivity contribution in [2.45, 2.75) is 47.0 Å². The van der Waals surface area contributed by atoms with Gasteiger partial charge in [-0.25, -0.2) is 0 Å². The van der Waals surface area contributed by atoms with Crippen LogP contribution in [0.5, 0.6) is 11.5 Å². The van der Waals surface area contributed by atoms with E-state index in [2.05, 4.69) is 0 Å². The first-order valence-corrected chi connectivity index (χ1v) is 9.26. The first-order valence-electron chi connectivity index (χ1n) is 9.26. The van der Waals surface area contributed by atoms with Crippen LogP contribution < -0.4 is 9.47 Å². The van der Waals surface area contributed by atoms with E-state index in [4.69, 9.17) is 9.47 Å². The van der Waals surface area contributed by atoms with Crippen molar-refractivity contribution in [2.75, 3.05) is 13.2 Å². The second-order valence-corrected chi connectivity index (χ2v) is 7.91. The number of Topliss-reactive ketones (excluding diaryl/α,β-unsaturated/α-hetero) is 2. The van der Waals surface area contributed by atoms with Gasteiger partial charge in [0.25, 0.3) is 0 Å². The highest BCUT2D eigenvalue weighted by Crippen LogP contribution is 2.54. The number of carbonyl (C=O) groups excluding carboxylic acids is 2. The van der Waals surface area contributed by atoms with E-state index < -0.39 is 5.41 Å². The molecule has 4 heteroatoms. The van der Waals surface area contributed by atoms with Gasteiger partial charge in [0.15, 0.2) is 11.6 Å². The molecule has 0 saturated heterocycles. The molecule has 1 spiro atoms. The Morgan fingerprint density at radius 2 is 1.15 bits per heavy atom.